The summed E-state index contributed by atoms with van der Waals surface area (Å²) in [5, 5.41) is 10.3. The SMILES string of the molecule is CCCCN(CCCC)c1nc(C(C)(C)C)c(C(=O)O)s1. The molecule has 0 fully saturated rings. The van der Waals surface area contributed by atoms with Crippen LogP contribution in [0.25, 0.3) is 0 Å². The Bertz CT molecular complexity index is 455. The van der Waals surface area contributed by atoms with Gasteiger partial charge in [-0.1, -0.05) is 58.8 Å². The van der Waals surface area contributed by atoms with Crippen LogP contribution in [-0.4, -0.2) is 29.1 Å². The molecule has 0 radical (unpaired) electrons. The van der Waals surface area contributed by atoms with Crippen molar-refractivity contribution < 1.29 is 9.90 Å². The molecule has 0 aliphatic rings. The third-order valence-electron chi connectivity index (χ3n) is 3.35. The van der Waals surface area contributed by atoms with Crippen LogP contribution in [0.1, 0.15) is 75.7 Å². The molecule has 5 heteroatoms. The van der Waals surface area contributed by atoms with Crippen LogP contribution < -0.4 is 4.90 Å². The minimum atomic E-state index is -0.866. The normalized spacial score (nSPS) is 11.7. The first-order chi connectivity index (χ1) is 9.81. The Labute approximate surface area is 132 Å². The van der Waals surface area contributed by atoms with E-state index >= 15 is 0 Å². The van der Waals surface area contributed by atoms with Crippen LogP contribution >= 0.6 is 11.3 Å². The fourth-order valence-electron chi connectivity index (χ4n) is 2.10. The summed E-state index contributed by atoms with van der Waals surface area (Å²) >= 11 is 1.32. The van der Waals surface area contributed by atoms with Crippen molar-refractivity contribution in [2.24, 2.45) is 0 Å². The van der Waals surface area contributed by atoms with Gasteiger partial charge in [-0.15, -0.1) is 0 Å². The summed E-state index contributed by atoms with van der Waals surface area (Å²) in [5.41, 5.74) is 0.455. The highest BCUT2D eigenvalue weighted by atomic mass is 32.1. The highest BCUT2D eigenvalue weighted by Gasteiger charge is 2.28. The van der Waals surface area contributed by atoms with Gasteiger partial charge >= 0.3 is 5.97 Å². The lowest BCUT2D eigenvalue weighted by atomic mass is 9.91. The lowest BCUT2D eigenvalue weighted by Crippen LogP contribution is -2.25. The van der Waals surface area contributed by atoms with E-state index in [0.29, 0.717) is 10.6 Å². The number of unbranched alkanes of at least 4 members (excludes halogenated alkanes) is 2. The minimum Gasteiger partial charge on any atom is -0.477 e. The largest absolute Gasteiger partial charge is 0.477 e. The number of carbonyl (C=O) groups is 1. The average molecular weight is 312 g/mol. The molecular weight excluding hydrogens is 284 g/mol. The van der Waals surface area contributed by atoms with Gasteiger partial charge in [-0.3, -0.25) is 0 Å². The summed E-state index contributed by atoms with van der Waals surface area (Å²) < 4.78 is 0. The number of rotatable bonds is 8. The maximum absolute atomic E-state index is 11.5. The average Bonchev–Trinajstić information content (AvgIpc) is 2.84. The fourth-order valence-corrected chi connectivity index (χ4v) is 3.27. The van der Waals surface area contributed by atoms with Gasteiger partial charge < -0.3 is 10.0 Å². The molecule has 1 N–H and O–H groups in total. The summed E-state index contributed by atoms with van der Waals surface area (Å²) in [4.78, 5) is 18.8. The Hall–Kier alpha value is -1.10. The zero-order chi connectivity index (χ0) is 16.0. The third-order valence-corrected chi connectivity index (χ3v) is 4.46. The summed E-state index contributed by atoms with van der Waals surface area (Å²) in [5.74, 6) is -0.866. The maximum atomic E-state index is 11.5. The molecule has 0 atom stereocenters. The number of thiazole rings is 1. The van der Waals surface area contributed by atoms with Gasteiger partial charge in [-0.2, -0.15) is 0 Å². The summed E-state index contributed by atoms with van der Waals surface area (Å²) in [6.07, 6.45) is 4.48. The Kier molecular flexibility index (Phi) is 6.65. The van der Waals surface area contributed by atoms with E-state index in [4.69, 9.17) is 0 Å². The van der Waals surface area contributed by atoms with Crippen LogP contribution in [0.3, 0.4) is 0 Å². The van der Waals surface area contributed by atoms with E-state index in [1.807, 2.05) is 20.8 Å². The van der Waals surface area contributed by atoms with Crippen LogP contribution in [0.5, 0.6) is 0 Å². The smallest absolute Gasteiger partial charge is 0.347 e. The Morgan fingerprint density at radius 1 is 1.19 bits per heavy atom. The van der Waals surface area contributed by atoms with Gasteiger partial charge in [0, 0.05) is 18.5 Å². The van der Waals surface area contributed by atoms with E-state index in [0.717, 1.165) is 43.9 Å². The van der Waals surface area contributed by atoms with Crippen molar-refractivity contribution in [1.29, 1.82) is 0 Å². The molecule has 120 valence electrons. The Morgan fingerprint density at radius 3 is 2.05 bits per heavy atom. The van der Waals surface area contributed by atoms with Crippen molar-refractivity contribution >= 4 is 22.4 Å². The van der Waals surface area contributed by atoms with Crippen LogP contribution in [-0.2, 0) is 5.41 Å². The molecule has 21 heavy (non-hydrogen) atoms. The molecule has 0 bridgehead atoms. The molecule has 4 nitrogen and oxygen atoms in total. The Balaban J connectivity index is 3.10. The van der Waals surface area contributed by atoms with Gasteiger partial charge in [-0.05, 0) is 12.8 Å². The van der Waals surface area contributed by atoms with Crippen molar-refractivity contribution in [1.82, 2.24) is 4.98 Å². The van der Waals surface area contributed by atoms with Gasteiger partial charge in [0.25, 0.3) is 0 Å². The quantitative estimate of drug-likeness (QED) is 0.765. The molecule has 0 unspecified atom stereocenters. The summed E-state index contributed by atoms with van der Waals surface area (Å²) in [7, 11) is 0. The second kappa shape index (κ2) is 7.78. The van der Waals surface area contributed by atoms with Gasteiger partial charge in [-0.25, -0.2) is 9.78 Å². The predicted octanol–water partition coefficient (Wildman–Crippen LogP) is 4.55. The molecule has 0 saturated carbocycles. The zero-order valence-electron chi connectivity index (χ0n) is 13.9. The number of nitrogens with zero attached hydrogens (tertiary/aromatic N) is 2. The summed E-state index contributed by atoms with van der Waals surface area (Å²) in [6.45, 7) is 12.3. The van der Waals surface area contributed by atoms with E-state index in [9.17, 15) is 9.90 Å². The van der Waals surface area contributed by atoms with Crippen molar-refractivity contribution in [2.45, 2.75) is 65.7 Å². The maximum Gasteiger partial charge on any atom is 0.347 e. The van der Waals surface area contributed by atoms with Crippen LogP contribution in [0.4, 0.5) is 5.13 Å². The first kappa shape index (κ1) is 18.0. The molecule has 1 rings (SSSR count). The second-order valence-corrected chi connectivity index (χ2v) is 7.40. The van der Waals surface area contributed by atoms with E-state index in [-0.39, 0.29) is 5.41 Å². The second-order valence-electron chi connectivity index (χ2n) is 6.42. The minimum absolute atomic E-state index is 0.246. The monoisotopic (exact) mass is 312 g/mol. The lowest BCUT2D eigenvalue weighted by Gasteiger charge is -2.22. The number of hydrogen-bond acceptors (Lipinski definition) is 4. The highest BCUT2D eigenvalue weighted by Crippen LogP contribution is 2.34. The molecule has 1 aromatic heterocycles. The van der Waals surface area contributed by atoms with Crippen LogP contribution in [0.2, 0.25) is 0 Å². The van der Waals surface area contributed by atoms with E-state index in [1.165, 1.54) is 11.3 Å². The number of aromatic nitrogens is 1. The number of carboxylic acids is 1. The van der Waals surface area contributed by atoms with Crippen molar-refractivity contribution in [2.75, 3.05) is 18.0 Å². The van der Waals surface area contributed by atoms with Gasteiger partial charge in [0.05, 0.1) is 5.69 Å². The predicted molar refractivity (Wildman–Crippen MR) is 89.8 cm³/mol. The molecule has 0 amide bonds. The first-order valence-electron chi connectivity index (χ1n) is 7.80. The molecule has 0 aliphatic heterocycles. The highest BCUT2D eigenvalue weighted by molar-refractivity contribution is 7.17. The molecule has 0 aliphatic carbocycles. The number of hydrogen-bond donors (Lipinski definition) is 1. The summed E-state index contributed by atoms with van der Waals surface area (Å²) in [6, 6.07) is 0. The van der Waals surface area contributed by atoms with Gasteiger partial charge in [0.2, 0.25) is 0 Å². The van der Waals surface area contributed by atoms with Crippen LogP contribution in [0, 0.1) is 0 Å². The van der Waals surface area contributed by atoms with Gasteiger partial charge in [0.15, 0.2) is 5.13 Å². The molecule has 0 aromatic carbocycles. The van der Waals surface area contributed by atoms with Gasteiger partial charge in [0.1, 0.15) is 4.88 Å². The van der Waals surface area contributed by atoms with E-state index in [2.05, 4.69) is 23.7 Å². The topological polar surface area (TPSA) is 53.4 Å². The molecular formula is C16H28N2O2S. The molecule has 0 saturated heterocycles. The van der Waals surface area contributed by atoms with E-state index in [1.54, 1.807) is 0 Å². The molecule has 1 aromatic rings. The Morgan fingerprint density at radius 2 is 1.71 bits per heavy atom. The number of anilines is 1. The van der Waals surface area contributed by atoms with Crippen molar-refractivity contribution in [3.8, 4) is 0 Å². The molecule has 0 spiro atoms. The molecule has 1 heterocycles. The first-order valence-corrected chi connectivity index (χ1v) is 8.62. The van der Waals surface area contributed by atoms with E-state index < -0.39 is 5.97 Å². The standard InChI is InChI=1S/C16H28N2O2S/c1-6-8-10-18(11-9-7-2)15-17-13(16(3,4)5)12(21-15)14(19)20/h6-11H2,1-5H3,(H,19,20). The third kappa shape index (κ3) is 4.99. The number of carboxylic acid groups (broad SMARTS) is 1. The van der Waals surface area contributed by atoms with Crippen LogP contribution in [0.15, 0.2) is 0 Å². The van der Waals surface area contributed by atoms with Crippen molar-refractivity contribution in [3.63, 3.8) is 0 Å². The van der Waals surface area contributed by atoms with Crippen molar-refractivity contribution in [3.05, 3.63) is 10.6 Å². The fraction of sp³-hybridized carbons (Fsp3) is 0.750. The zero-order valence-corrected chi connectivity index (χ0v) is 14.7. The number of aromatic carboxylic acids is 1. The lowest BCUT2D eigenvalue weighted by molar-refractivity contribution is 0.0699.